The highest BCUT2D eigenvalue weighted by atomic mass is 15.2. The molecule has 0 aliphatic carbocycles. The lowest BCUT2D eigenvalue weighted by atomic mass is 9.75. The van der Waals surface area contributed by atoms with E-state index in [1.165, 1.54) is 58.3 Å². The Bertz CT molecular complexity index is 197. The summed E-state index contributed by atoms with van der Waals surface area (Å²) in [6, 6.07) is 0. The van der Waals surface area contributed by atoms with Gasteiger partial charge in [-0.2, -0.15) is 0 Å². The normalized spacial score (nSPS) is 38.4. The standard InChI is InChI=1S/C13H26N2/c1-3-13(8-5-6-9-14-13)12-7-10-15(4-2)11-12/h12,14H,3-11H2,1-2H3. The van der Waals surface area contributed by atoms with E-state index in [1.54, 1.807) is 0 Å². The fourth-order valence-corrected chi connectivity index (χ4v) is 3.50. The zero-order chi connectivity index (χ0) is 10.7. The minimum absolute atomic E-state index is 0.488. The van der Waals surface area contributed by atoms with Gasteiger partial charge >= 0.3 is 0 Å². The largest absolute Gasteiger partial charge is 0.311 e. The first-order valence-corrected chi connectivity index (χ1v) is 6.78. The monoisotopic (exact) mass is 210 g/mol. The lowest BCUT2D eigenvalue weighted by Gasteiger charge is -2.43. The van der Waals surface area contributed by atoms with Gasteiger partial charge in [0.15, 0.2) is 0 Å². The summed E-state index contributed by atoms with van der Waals surface area (Å²) in [4.78, 5) is 2.61. The van der Waals surface area contributed by atoms with Crippen LogP contribution in [0.2, 0.25) is 0 Å². The molecule has 0 bridgehead atoms. The summed E-state index contributed by atoms with van der Waals surface area (Å²) in [7, 11) is 0. The van der Waals surface area contributed by atoms with Crippen LogP contribution in [-0.2, 0) is 0 Å². The molecule has 0 radical (unpaired) electrons. The molecule has 2 saturated heterocycles. The number of hydrogen-bond donors (Lipinski definition) is 1. The molecule has 1 N–H and O–H groups in total. The molecular weight excluding hydrogens is 184 g/mol. The Kier molecular flexibility index (Phi) is 3.68. The third-order valence-corrected chi connectivity index (χ3v) is 4.66. The average Bonchev–Trinajstić information content (AvgIpc) is 2.79. The molecule has 0 aromatic carbocycles. The molecule has 15 heavy (non-hydrogen) atoms. The van der Waals surface area contributed by atoms with Crippen molar-refractivity contribution in [2.75, 3.05) is 26.2 Å². The van der Waals surface area contributed by atoms with Gasteiger partial charge in [0.2, 0.25) is 0 Å². The maximum Gasteiger partial charge on any atom is 0.0219 e. The maximum atomic E-state index is 3.84. The van der Waals surface area contributed by atoms with Crippen LogP contribution in [-0.4, -0.2) is 36.6 Å². The highest BCUT2D eigenvalue weighted by Gasteiger charge is 2.40. The van der Waals surface area contributed by atoms with Crippen LogP contribution in [0.4, 0.5) is 0 Å². The van der Waals surface area contributed by atoms with E-state index < -0.39 is 0 Å². The summed E-state index contributed by atoms with van der Waals surface area (Å²) in [6.45, 7) is 9.79. The summed E-state index contributed by atoms with van der Waals surface area (Å²) in [5, 5.41) is 3.84. The summed E-state index contributed by atoms with van der Waals surface area (Å²) >= 11 is 0. The third-order valence-electron chi connectivity index (χ3n) is 4.66. The fourth-order valence-electron chi connectivity index (χ4n) is 3.50. The Morgan fingerprint density at radius 1 is 1.33 bits per heavy atom. The zero-order valence-electron chi connectivity index (χ0n) is 10.4. The van der Waals surface area contributed by atoms with Crippen LogP contribution in [0.25, 0.3) is 0 Å². The van der Waals surface area contributed by atoms with Crippen molar-refractivity contribution in [1.82, 2.24) is 10.2 Å². The number of piperidine rings is 1. The highest BCUT2D eigenvalue weighted by molar-refractivity contribution is 4.99. The van der Waals surface area contributed by atoms with Gasteiger partial charge in [-0.1, -0.05) is 20.3 Å². The smallest absolute Gasteiger partial charge is 0.0219 e. The molecule has 0 saturated carbocycles. The van der Waals surface area contributed by atoms with Gasteiger partial charge in [0, 0.05) is 12.1 Å². The number of hydrogen-bond acceptors (Lipinski definition) is 2. The van der Waals surface area contributed by atoms with E-state index in [4.69, 9.17) is 0 Å². The van der Waals surface area contributed by atoms with Gasteiger partial charge in [0.1, 0.15) is 0 Å². The van der Waals surface area contributed by atoms with Crippen molar-refractivity contribution in [2.24, 2.45) is 5.92 Å². The fraction of sp³-hybridized carbons (Fsp3) is 1.00. The first kappa shape index (κ1) is 11.4. The van der Waals surface area contributed by atoms with Crippen LogP contribution >= 0.6 is 0 Å². The first-order valence-electron chi connectivity index (χ1n) is 6.78. The predicted molar refractivity (Wildman–Crippen MR) is 65.1 cm³/mol. The molecule has 2 aliphatic heterocycles. The molecule has 0 amide bonds. The van der Waals surface area contributed by atoms with Crippen molar-refractivity contribution < 1.29 is 0 Å². The lowest BCUT2D eigenvalue weighted by molar-refractivity contribution is 0.154. The Morgan fingerprint density at radius 3 is 2.73 bits per heavy atom. The van der Waals surface area contributed by atoms with Gasteiger partial charge in [-0.15, -0.1) is 0 Å². The molecule has 2 heteroatoms. The minimum Gasteiger partial charge on any atom is -0.311 e. The van der Waals surface area contributed by atoms with Crippen LogP contribution in [0, 0.1) is 5.92 Å². The van der Waals surface area contributed by atoms with Crippen molar-refractivity contribution in [3.63, 3.8) is 0 Å². The topological polar surface area (TPSA) is 15.3 Å². The van der Waals surface area contributed by atoms with Crippen LogP contribution in [0.3, 0.4) is 0 Å². The Hall–Kier alpha value is -0.0800. The number of rotatable bonds is 3. The molecule has 2 aliphatic rings. The Labute approximate surface area is 94.4 Å². The van der Waals surface area contributed by atoms with Gasteiger partial charge in [-0.25, -0.2) is 0 Å². The molecule has 0 aromatic heterocycles. The van der Waals surface area contributed by atoms with Crippen LogP contribution < -0.4 is 5.32 Å². The Morgan fingerprint density at radius 2 is 2.20 bits per heavy atom. The molecule has 2 unspecified atom stereocenters. The van der Waals surface area contributed by atoms with Crippen LogP contribution in [0.5, 0.6) is 0 Å². The maximum absolute atomic E-state index is 3.84. The summed E-state index contributed by atoms with van der Waals surface area (Å²) in [5.41, 5.74) is 0.488. The van der Waals surface area contributed by atoms with Gasteiger partial charge < -0.3 is 10.2 Å². The molecule has 0 aromatic rings. The van der Waals surface area contributed by atoms with Crippen molar-refractivity contribution in [2.45, 2.75) is 51.5 Å². The van der Waals surface area contributed by atoms with Crippen molar-refractivity contribution in [3.05, 3.63) is 0 Å². The highest BCUT2D eigenvalue weighted by Crippen LogP contribution is 2.36. The van der Waals surface area contributed by atoms with E-state index in [0.29, 0.717) is 5.54 Å². The van der Waals surface area contributed by atoms with E-state index in [0.717, 1.165) is 5.92 Å². The van der Waals surface area contributed by atoms with Gasteiger partial charge in [0.25, 0.3) is 0 Å². The molecule has 2 atom stereocenters. The summed E-state index contributed by atoms with van der Waals surface area (Å²) in [5.74, 6) is 0.905. The van der Waals surface area contributed by atoms with E-state index >= 15 is 0 Å². The van der Waals surface area contributed by atoms with Gasteiger partial charge in [-0.05, 0) is 51.2 Å². The molecule has 2 heterocycles. The van der Waals surface area contributed by atoms with Gasteiger partial charge in [-0.3, -0.25) is 0 Å². The second-order valence-corrected chi connectivity index (χ2v) is 5.27. The van der Waals surface area contributed by atoms with Crippen molar-refractivity contribution in [3.8, 4) is 0 Å². The quantitative estimate of drug-likeness (QED) is 0.768. The summed E-state index contributed by atoms with van der Waals surface area (Å²) < 4.78 is 0. The van der Waals surface area contributed by atoms with E-state index in [9.17, 15) is 0 Å². The van der Waals surface area contributed by atoms with Crippen molar-refractivity contribution >= 4 is 0 Å². The first-order chi connectivity index (χ1) is 7.30. The third kappa shape index (κ3) is 2.21. The molecule has 2 fully saturated rings. The molecular formula is C13H26N2. The minimum atomic E-state index is 0.488. The zero-order valence-corrected chi connectivity index (χ0v) is 10.4. The van der Waals surface area contributed by atoms with Gasteiger partial charge in [0.05, 0.1) is 0 Å². The lowest BCUT2D eigenvalue weighted by Crippen LogP contribution is -2.54. The van der Waals surface area contributed by atoms with E-state index in [2.05, 4.69) is 24.1 Å². The average molecular weight is 210 g/mol. The van der Waals surface area contributed by atoms with E-state index in [-0.39, 0.29) is 0 Å². The van der Waals surface area contributed by atoms with E-state index in [1.807, 2.05) is 0 Å². The molecule has 0 spiro atoms. The summed E-state index contributed by atoms with van der Waals surface area (Å²) in [6.07, 6.45) is 6.95. The van der Waals surface area contributed by atoms with Crippen LogP contribution in [0.15, 0.2) is 0 Å². The molecule has 2 nitrogen and oxygen atoms in total. The number of nitrogens with one attached hydrogen (secondary N) is 1. The predicted octanol–water partition coefficient (Wildman–Crippen LogP) is 2.25. The second kappa shape index (κ2) is 4.84. The second-order valence-electron chi connectivity index (χ2n) is 5.27. The molecule has 88 valence electrons. The number of likely N-dealkylation sites (tertiary alicyclic amines) is 1. The number of nitrogens with zero attached hydrogens (tertiary/aromatic N) is 1. The van der Waals surface area contributed by atoms with Crippen LogP contribution in [0.1, 0.15) is 46.0 Å². The SMILES string of the molecule is CCN1CCC(C2(CC)CCCCN2)C1. The van der Waals surface area contributed by atoms with Crippen molar-refractivity contribution in [1.29, 1.82) is 0 Å². The Balaban J connectivity index is 1.99. The molecule has 2 rings (SSSR count).